The normalized spacial score (nSPS) is 12.5. The second kappa shape index (κ2) is 8.91. The van der Waals surface area contributed by atoms with E-state index in [-0.39, 0.29) is 11.8 Å². The quantitative estimate of drug-likeness (QED) is 0.486. The summed E-state index contributed by atoms with van der Waals surface area (Å²) in [5, 5.41) is 2.38. The second-order valence-corrected chi connectivity index (χ2v) is 8.66. The molecule has 0 saturated carbocycles. The minimum Gasteiger partial charge on any atom is -0.341 e. The number of hydrogen-bond donors (Lipinski definition) is 1. The van der Waals surface area contributed by atoms with E-state index in [2.05, 4.69) is 83.1 Å². The molecule has 1 aromatic heterocycles. The van der Waals surface area contributed by atoms with Crippen LogP contribution in [-0.4, -0.2) is 27.3 Å². The second-order valence-electron chi connectivity index (χ2n) is 7.74. The van der Waals surface area contributed by atoms with Crippen LogP contribution < -0.4 is 0 Å². The van der Waals surface area contributed by atoms with Crippen molar-refractivity contribution >= 4 is 32.6 Å². The van der Waals surface area contributed by atoms with Crippen LogP contribution >= 0.6 is 15.9 Å². The molecule has 3 aromatic rings. The first-order chi connectivity index (χ1) is 13.4. The fourth-order valence-electron chi connectivity index (χ4n) is 3.26. The Hall–Kier alpha value is -2.14. The molecule has 0 unspecified atom stereocenters. The van der Waals surface area contributed by atoms with Crippen molar-refractivity contribution in [1.29, 1.82) is 0 Å². The number of halogens is 1. The maximum atomic E-state index is 12.8. The van der Waals surface area contributed by atoms with E-state index in [4.69, 9.17) is 0 Å². The molecule has 0 aliphatic rings. The molecule has 28 heavy (non-hydrogen) atoms. The zero-order valence-electron chi connectivity index (χ0n) is 17.0. The smallest absolute Gasteiger partial charge is 0.226 e. The first kappa shape index (κ1) is 20.6. The molecule has 0 fully saturated rings. The molecule has 1 heterocycles. The highest BCUT2D eigenvalue weighted by atomic mass is 79.9. The van der Waals surface area contributed by atoms with Crippen LogP contribution in [0, 0.1) is 11.8 Å². The SMILES string of the molecule is CCCN(Cc1ncc(-c2ccc3cc(Br)ccc3c2)[nH]1)C(=O)[C@@H](C)C(C)C. The molecule has 0 aliphatic carbocycles. The van der Waals surface area contributed by atoms with Gasteiger partial charge in [-0.3, -0.25) is 4.79 Å². The lowest BCUT2D eigenvalue weighted by Crippen LogP contribution is -2.37. The van der Waals surface area contributed by atoms with E-state index in [1.54, 1.807) is 0 Å². The summed E-state index contributed by atoms with van der Waals surface area (Å²) >= 11 is 3.52. The number of benzene rings is 2. The molecule has 148 valence electrons. The maximum Gasteiger partial charge on any atom is 0.226 e. The lowest BCUT2D eigenvalue weighted by Gasteiger charge is -2.26. The number of H-pyrrole nitrogens is 1. The monoisotopic (exact) mass is 441 g/mol. The summed E-state index contributed by atoms with van der Waals surface area (Å²) < 4.78 is 1.08. The number of hydrogen-bond acceptors (Lipinski definition) is 2. The summed E-state index contributed by atoms with van der Waals surface area (Å²) in [6.45, 7) is 9.56. The van der Waals surface area contributed by atoms with Gasteiger partial charge in [-0.05, 0) is 41.3 Å². The van der Waals surface area contributed by atoms with Crippen molar-refractivity contribution in [2.24, 2.45) is 11.8 Å². The van der Waals surface area contributed by atoms with Crippen molar-refractivity contribution in [3.05, 3.63) is 52.9 Å². The first-order valence-corrected chi connectivity index (χ1v) is 10.7. The number of aromatic nitrogens is 2. The molecule has 5 heteroatoms. The summed E-state index contributed by atoms with van der Waals surface area (Å²) in [5.41, 5.74) is 2.07. The average molecular weight is 442 g/mol. The first-order valence-electron chi connectivity index (χ1n) is 9.91. The highest BCUT2D eigenvalue weighted by Gasteiger charge is 2.23. The standard InChI is InChI=1S/C23H28BrN3O/c1-5-10-27(23(28)16(4)15(2)3)14-22-25-13-21(26-22)19-7-6-18-12-20(24)9-8-17(18)11-19/h6-9,11-13,15-16H,5,10,14H2,1-4H3,(H,25,26)/t16-/m0/s1. The number of carbonyl (C=O) groups excluding carboxylic acids is 1. The average Bonchev–Trinajstić information content (AvgIpc) is 3.14. The van der Waals surface area contributed by atoms with Gasteiger partial charge in [-0.2, -0.15) is 0 Å². The van der Waals surface area contributed by atoms with E-state index in [1.165, 1.54) is 10.8 Å². The van der Waals surface area contributed by atoms with Crippen LogP contribution in [0.1, 0.15) is 39.9 Å². The van der Waals surface area contributed by atoms with E-state index in [9.17, 15) is 4.79 Å². The third-order valence-electron chi connectivity index (χ3n) is 5.28. The Bertz CT molecular complexity index is 963. The van der Waals surface area contributed by atoms with Gasteiger partial charge >= 0.3 is 0 Å². The minimum absolute atomic E-state index is 0.0146. The molecule has 1 N–H and O–H groups in total. The Morgan fingerprint density at radius 1 is 1.14 bits per heavy atom. The molecule has 0 aliphatic heterocycles. The third-order valence-corrected chi connectivity index (χ3v) is 5.77. The predicted molar refractivity (Wildman–Crippen MR) is 119 cm³/mol. The van der Waals surface area contributed by atoms with E-state index < -0.39 is 0 Å². The van der Waals surface area contributed by atoms with Crippen molar-refractivity contribution < 1.29 is 4.79 Å². The Morgan fingerprint density at radius 3 is 2.57 bits per heavy atom. The number of aromatic amines is 1. The van der Waals surface area contributed by atoms with E-state index in [0.29, 0.717) is 12.5 Å². The van der Waals surface area contributed by atoms with Crippen molar-refractivity contribution in [2.75, 3.05) is 6.54 Å². The molecule has 2 aromatic carbocycles. The topological polar surface area (TPSA) is 49.0 Å². The molecule has 1 amide bonds. The van der Waals surface area contributed by atoms with Gasteiger partial charge in [-0.25, -0.2) is 4.98 Å². The van der Waals surface area contributed by atoms with E-state index in [0.717, 1.165) is 34.5 Å². The van der Waals surface area contributed by atoms with Gasteiger partial charge in [0.1, 0.15) is 5.82 Å². The Balaban J connectivity index is 1.80. The molecule has 1 atom stereocenters. The number of nitrogens with one attached hydrogen (secondary N) is 1. The number of rotatable bonds is 7. The molecular formula is C23H28BrN3O. The summed E-state index contributed by atoms with van der Waals surface area (Å²) in [7, 11) is 0. The van der Waals surface area contributed by atoms with E-state index >= 15 is 0 Å². The highest BCUT2D eigenvalue weighted by molar-refractivity contribution is 9.10. The zero-order valence-corrected chi connectivity index (χ0v) is 18.6. The Labute approximate surface area is 175 Å². The van der Waals surface area contributed by atoms with Crippen LogP contribution in [0.15, 0.2) is 47.1 Å². The zero-order chi connectivity index (χ0) is 20.3. The van der Waals surface area contributed by atoms with Crippen LogP contribution in [0.25, 0.3) is 22.0 Å². The van der Waals surface area contributed by atoms with Gasteiger partial charge in [0.15, 0.2) is 0 Å². The van der Waals surface area contributed by atoms with Crippen molar-refractivity contribution in [3.63, 3.8) is 0 Å². The maximum absolute atomic E-state index is 12.8. The molecule has 0 saturated heterocycles. The molecule has 0 spiro atoms. The van der Waals surface area contributed by atoms with Gasteiger partial charge in [-0.1, -0.05) is 61.8 Å². The molecule has 0 bridgehead atoms. The number of imidazole rings is 1. The molecule has 0 radical (unpaired) electrons. The third kappa shape index (κ3) is 4.64. The minimum atomic E-state index is 0.0146. The predicted octanol–water partition coefficient (Wildman–Crippen LogP) is 6.02. The summed E-state index contributed by atoms with van der Waals surface area (Å²) in [5.74, 6) is 1.37. The van der Waals surface area contributed by atoms with Crippen molar-refractivity contribution in [3.8, 4) is 11.3 Å². The fourth-order valence-corrected chi connectivity index (χ4v) is 3.64. The van der Waals surface area contributed by atoms with Crippen molar-refractivity contribution in [2.45, 2.75) is 40.7 Å². The molecule has 4 nitrogen and oxygen atoms in total. The van der Waals surface area contributed by atoms with Crippen LogP contribution in [0.3, 0.4) is 0 Å². The number of amides is 1. The number of fused-ring (bicyclic) bond motifs is 1. The Morgan fingerprint density at radius 2 is 1.86 bits per heavy atom. The number of nitrogens with zero attached hydrogens (tertiary/aromatic N) is 2. The fraction of sp³-hybridized carbons (Fsp3) is 0.391. The highest BCUT2D eigenvalue weighted by Crippen LogP contribution is 2.26. The number of carbonyl (C=O) groups is 1. The van der Waals surface area contributed by atoms with Gasteiger partial charge in [-0.15, -0.1) is 0 Å². The van der Waals surface area contributed by atoms with Crippen LogP contribution in [0.4, 0.5) is 0 Å². The van der Waals surface area contributed by atoms with Gasteiger partial charge in [0.2, 0.25) is 5.91 Å². The largest absolute Gasteiger partial charge is 0.341 e. The summed E-state index contributed by atoms with van der Waals surface area (Å²) in [4.78, 5) is 22.7. The van der Waals surface area contributed by atoms with Crippen LogP contribution in [0.5, 0.6) is 0 Å². The molecule has 3 rings (SSSR count). The van der Waals surface area contributed by atoms with E-state index in [1.807, 2.05) is 18.0 Å². The Kier molecular flexibility index (Phi) is 6.55. The lowest BCUT2D eigenvalue weighted by molar-refractivity contribution is -0.137. The summed E-state index contributed by atoms with van der Waals surface area (Å²) in [6.07, 6.45) is 2.79. The lowest BCUT2D eigenvalue weighted by atomic mass is 9.96. The molecular weight excluding hydrogens is 414 g/mol. The van der Waals surface area contributed by atoms with Gasteiger partial charge in [0.25, 0.3) is 0 Å². The summed E-state index contributed by atoms with van der Waals surface area (Å²) in [6, 6.07) is 12.6. The van der Waals surface area contributed by atoms with Crippen molar-refractivity contribution in [1.82, 2.24) is 14.9 Å². The van der Waals surface area contributed by atoms with Crippen LogP contribution in [0.2, 0.25) is 0 Å². The van der Waals surface area contributed by atoms with Gasteiger partial charge in [0.05, 0.1) is 18.4 Å². The van der Waals surface area contributed by atoms with Gasteiger partial charge in [0, 0.05) is 22.5 Å². The van der Waals surface area contributed by atoms with Crippen LogP contribution in [-0.2, 0) is 11.3 Å². The van der Waals surface area contributed by atoms with Gasteiger partial charge < -0.3 is 9.88 Å².